The van der Waals surface area contributed by atoms with E-state index >= 15 is 0 Å². The van der Waals surface area contributed by atoms with Crippen LogP contribution in [0.25, 0.3) is 0 Å². The van der Waals surface area contributed by atoms with Crippen molar-refractivity contribution in [2.24, 2.45) is 5.41 Å². The van der Waals surface area contributed by atoms with Crippen LogP contribution < -0.4 is 4.72 Å². The number of carboxylic acid groups (broad SMARTS) is 1. The first-order valence-electron chi connectivity index (χ1n) is 5.44. The van der Waals surface area contributed by atoms with Crippen LogP contribution in [0.5, 0.6) is 0 Å². The number of aryl methyl sites for hydroxylation is 1. The summed E-state index contributed by atoms with van der Waals surface area (Å²) in [6.45, 7) is 5.18. The first kappa shape index (κ1) is 14.7. The molecule has 1 aromatic rings. The van der Waals surface area contributed by atoms with Gasteiger partial charge < -0.3 is 9.67 Å². The summed E-state index contributed by atoms with van der Waals surface area (Å²) >= 11 is 0. The molecule has 0 unspecified atom stereocenters. The van der Waals surface area contributed by atoms with Crippen molar-refractivity contribution in [3.05, 3.63) is 12.5 Å². The van der Waals surface area contributed by atoms with Crippen LogP contribution in [0.1, 0.15) is 20.8 Å². The van der Waals surface area contributed by atoms with Gasteiger partial charge in [0.25, 0.3) is 10.0 Å². The Morgan fingerprint density at radius 3 is 2.61 bits per heavy atom. The smallest absolute Gasteiger partial charge is 0.310 e. The summed E-state index contributed by atoms with van der Waals surface area (Å²) in [5, 5.41) is 8.79. The van der Waals surface area contributed by atoms with Gasteiger partial charge in [-0.05, 0) is 20.8 Å². The molecule has 0 aliphatic heterocycles. The van der Waals surface area contributed by atoms with E-state index in [0.29, 0.717) is 6.54 Å². The monoisotopic (exact) mass is 275 g/mol. The molecule has 2 N–H and O–H groups in total. The number of sulfonamides is 1. The third-order valence-electron chi connectivity index (χ3n) is 2.53. The molecule has 0 atom stereocenters. The lowest BCUT2D eigenvalue weighted by Gasteiger charge is -2.18. The topological polar surface area (TPSA) is 101 Å². The third-order valence-corrected chi connectivity index (χ3v) is 3.82. The number of hydrogen-bond acceptors (Lipinski definition) is 4. The van der Waals surface area contributed by atoms with E-state index in [4.69, 9.17) is 5.11 Å². The largest absolute Gasteiger partial charge is 0.481 e. The fourth-order valence-corrected chi connectivity index (χ4v) is 2.24. The Labute approximate surface area is 106 Å². The zero-order valence-electron chi connectivity index (χ0n) is 10.5. The van der Waals surface area contributed by atoms with Crippen molar-refractivity contribution in [2.45, 2.75) is 32.3 Å². The maximum atomic E-state index is 11.9. The van der Waals surface area contributed by atoms with Crippen molar-refractivity contribution in [1.82, 2.24) is 14.3 Å². The van der Waals surface area contributed by atoms with Crippen LogP contribution in [0.3, 0.4) is 0 Å². The van der Waals surface area contributed by atoms with Crippen LogP contribution >= 0.6 is 0 Å². The average Bonchev–Trinajstić information content (AvgIpc) is 2.75. The quantitative estimate of drug-likeness (QED) is 0.777. The van der Waals surface area contributed by atoms with E-state index in [1.54, 1.807) is 4.57 Å². The van der Waals surface area contributed by atoms with Crippen molar-refractivity contribution in [1.29, 1.82) is 0 Å². The summed E-state index contributed by atoms with van der Waals surface area (Å²) in [5.74, 6) is -1.07. The maximum absolute atomic E-state index is 11.9. The van der Waals surface area contributed by atoms with Crippen LogP contribution in [0.4, 0.5) is 0 Å². The highest BCUT2D eigenvalue weighted by Crippen LogP contribution is 2.15. The molecule has 102 valence electrons. The first-order chi connectivity index (χ1) is 8.19. The summed E-state index contributed by atoms with van der Waals surface area (Å²) in [5.41, 5.74) is -1.17. The van der Waals surface area contributed by atoms with Gasteiger partial charge in [-0.15, -0.1) is 0 Å². The zero-order chi connectivity index (χ0) is 14.0. The molecule has 0 aliphatic rings. The standard InChI is InChI=1S/C10H17N3O4S/c1-4-13-5-8(11-7-13)18(16,17)12-6-10(2,3)9(14)15/h5,7,12H,4,6H2,1-3H3,(H,14,15). The number of aliphatic carboxylic acids is 1. The number of rotatable bonds is 6. The summed E-state index contributed by atoms with van der Waals surface area (Å²) in [4.78, 5) is 14.6. The molecule has 0 amide bonds. The van der Waals surface area contributed by atoms with Crippen molar-refractivity contribution in [3.8, 4) is 0 Å². The summed E-state index contributed by atoms with van der Waals surface area (Å²) in [6, 6.07) is 0. The van der Waals surface area contributed by atoms with E-state index in [9.17, 15) is 13.2 Å². The number of imidazole rings is 1. The van der Waals surface area contributed by atoms with Gasteiger partial charge in [0.05, 0.1) is 11.7 Å². The normalized spacial score (nSPS) is 12.6. The second-order valence-electron chi connectivity index (χ2n) is 4.56. The molecular weight excluding hydrogens is 258 g/mol. The van der Waals surface area contributed by atoms with Gasteiger partial charge in [-0.1, -0.05) is 0 Å². The van der Waals surface area contributed by atoms with Crippen LogP contribution in [-0.4, -0.2) is 35.6 Å². The third kappa shape index (κ3) is 3.30. The SMILES string of the molecule is CCn1cnc(S(=O)(=O)NCC(C)(C)C(=O)O)c1. The minimum absolute atomic E-state index is 0.106. The van der Waals surface area contributed by atoms with Gasteiger partial charge in [-0.25, -0.2) is 18.1 Å². The molecule has 0 bridgehead atoms. The van der Waals surface area contributed by atoms with Gasteiger partial charge in [-0.3, -0.25) is 4.79 Å². The number of hydrogen-bond donors (Lipinski definition) is 2. The van der Waals surface area contributed by atoms with Gasteiger partial charge in [-0.2, -0.15) is 0 Å². The van der Waals surface area contributed by atoms with Crippen LogP contribution in [0.2, 0.25) is 0 Å². The second kappa shape index (κ2) is 5.07. The Kier molecular flexibility index (Phi) is 4.12. The van der Waals surface area contributed by atoms with Gasteiger partial charge in [0, 0.05) is 19.3 Å². The Morgan fingerprint density at radius 1 is 1.56 bits per heavy atom. The molecule has 0 fully saturated rings. The van der Waals surface area contributed by atoms with Gasteiger partial charge in [0.1, 0.15) is 0 Å². The lowest BCUT2D eigenvalue weighted by molar-refractivity contribution is -0.146. The number of carbonyl (C=O) groups is 1. The molecule has 7 nitrogen and oxygen atoms in total. The van der Waals surface area contributed by atoms with Crippen LogP contribution in [0.15, 0.2) is 17.6 Å². The highest BCUT2D eigenvalue weighted by atomic mass is 32.2. The molecule has 0 saturated carbocycles. The van der Waals surface area contributed by atoms with E-state index in [1.165, 1.54) is 26.4 Å². The molecule has 0 spiro atoms. The van der Waals surface area contributed by atoms with E-state index in [-0.39, 0.29) is 11.6 Å². The predicted octanol–water partition coefficient (Wildman–Crippen LogP) is 0.292. The summed E-state index contributed by atoms with van der Waals surface area (Å²) in [7, 11) is -3.76. The second-order valence-corrected chi connectivity index (χ2v) is 6.27. The minimum Gasteiger partial charge on any atom is -0.481 e. The Hall–Kier alpha value is -1.41. The molecule has 0 saturated heterocycles. The van der Waals surface area contributed by atoms with Gasteiger partial charge in [0.15, 0.2) is 5.03 Å². The molecular formula is C10H17N3O4S. The zero-order valence-corrected chi connectivity index (χ0v) is 11.4. The molecule has 0 aliphatic carbocycles. The Balaban J connectivity index is 2.80. The van der Waals surface area contributed by atoms with E-state index in [0.717, 1.165) is 0 Å². The Morgan fingerprint density at radius 2 is 2.17 bits per heavy atom. The van der Waals surface area contributed by atoms with Crippen LogP contribution in [-0.2, 0) is 21.4 Å². The van der Waals surface area contributed by atoms with Crippen molar-refractivity contribution in [2.75, 3.05) is 6.54 Å². The van der Waals surface area contributed by atoms with E-state index in [2.05, 4.69) is 9.71 Å². The maximum Gasteiger partial charge on any atom is 0.310 e. The number of aromatic nitrogens is 2. The number of nitrogens with zero attached hydrogens (tertiary/aromatic N) is 2. The van der Waals surface area contributed by atoms with Crippen LogP contribution in [0, 0.1) is 5.41 Å². The van der Waals surface area contributed by atoms with Gasteiger partial charge >= 0.3 is 5.97 Å². The molecule has 1 aromatic heterocycles. The average molecular weight is 275 g/mol. The lowest BCUT2D eigenvalue weighted by atomic mass is 9.95. The highest BCUT2D eigenvalue weighted by Gasteiger charge is 2.29. The lowest BCUT2D eigenvalue weighted by Crippen LogP contribution is -2.38. The molecule has 0 radical (unpaired) electrons. The van der Waals surface area contributed by atoms with Crippen molar-refractivity contribution >= 4 is 16.0 Å². The fraction of sp³-hybridized carbons (Fsp3) is 0.600. The van der Waals surface area contributed by atoms with E-state index < -0.39 is 21.4 Å². The number of nitrogens with one attached hydrogen (secondary N) is 1. The van der Waals surface area contributed by atoms with Crippen molar-refractivity contribution < 1.29 is 18.3 Å². The summed E-state index contributed by atoms with van der Waals surface area (Å²) < 4.78 is 27.6. The highest BCUT2D eigenvalue weighted by molar-refractivity contribution is 7.89. The molecule has 1 heterocycles. The summed E-state index contributed by atoms with van der Waals surface area (Å²) in [6.07, 6.45) is 2.81. The van der Waals surface area contributed by atoms with E-state index in [1.807, 2.05) is 6.92 Å². The van der Waals surface area contributed by atoms with Gasteiger partial charge in [0.2, 0.25) is 0 Å². The molecule has 1 rings (SSSR count). The van der Waals surface area contributed by atoms with Crippen molar-refractivity contribution in [3.63, 3.8) is 0 Å². The first-order valence-corrected chi connectivity index (χ1v) is 6.92. The molecule has 0 aromatic carbocycles. The number of carboxylic acids is 1. The predicted molar refractivity (Wildman–Crippen MR) is 64.5 cm³/mol. The molecule has 8 heteroatoms. The minimum atomic E-state index is -3.76. The molecule has 18 heavy (non-hydrogen) atoms. The fourth-order valence-electron chi connectivity index (χ4n) is 1.08. The Bertz CT molecular complexity index is 533.